The number of hydrogen-bond acceptors (Lipinski definition) is 0. The minimum Gasteiger partial charge on any atom is -0.310 e. The van der Waals surface area contributed by atoms with Gasteiger partial charge in [0.25, 0.3) is 0 Å². The van der Waals surface area contributed by atoms with E-state index in [1.54, 1.807) is 0 Å². The summed E-state index contributed by atoms with van der Waals surface area (Å²) in [6.07, 6.45) is 8.19. The Balaban J connectivity index is 1.17. The van der Waals surface area contributed by atoms with Gasteiger partial charge in [-0.2, -0.15) is 0 Å². The summed E-state index contributed by atoms with van der Waals surface area (Å²) in [5.74, 6) is 0.715. The molecular formula is C39H32N2. The van der Waals surface area contributed by atoms with Crippen LogP contribution in [0.25, 0.3) is 55.0 Å². The Morgan fingerprint density at radius 2 is 1.15 bits per heavy atom. The fourth-order valence-electron chi connectivity index (χ4n) is 6.93. The van der Waals surface area contributed by atoms with E-state index in [9.17, 15) is 0 Å². The van der Waals surface area contributed by atoms with Gasteiger partial charge in [-0.25, -0.2) is 0 Å². The van der Waals surface area contributed by atoms with Crippen molar-refractivity contribution < 1.29 is 0 Å². The maximum Gasteiger partial charge on any atom is 0.0543 e. The molecule has 0 aliphatic heterocycles. The normalized spacial score (nSPS) is 17.2. The molecule has 2 aromatic heterocycles. The fraction of sp³-hybridized carbons (Fsp3) is 0.128. The molecule has 1 aliphatic carbocycles. The lowest BCUT2D eigenvalue weighted by molar-refractivity contribution is 0.635. The second kappa shape index (κ2) is 9.38. The Labute approximate surface area is 240 Å². The van der Waals surface area contributed by atoms with E-state index in [1.807, 2.05) is 0 Å². The molecule has 41 heavy (non-hydrogen) atoms. The van der Waals surface area contributed by atoms with Crippen LogP contribution < -0.4 is 0 Å². The van der Waals surface area contributed by atoms with Crippen LogP contribution in [0.2, 0.25) is 0 Å². The quantitative estimate of drug-likeness (QED) is 0.215. The van der Waals surface area contributed by atoms with Crippen LogP contribution in [0.5, 0.6) is 0 Å². The lowest BCUT2D eigenvalue weighted by Crippen LogP contribution is -2.11. The van der Waals surface area contributed by atoms with Gasteiger partial charge in [0.15, 0.2) is 0 Å². The minimum absolute atomic E-state index is 0.339. The molecule has 0 bridgehead atoms. The summed E-state index contributed by atoms with van der Waals surface area (Å²) < 4.78 is 4.85. The Bertz CT molecular complexity index is 2100. The fourth-order valence-corrected chi connectivity index (χ4v) is 6.93. The van der Waals surface area contributed by atoms with Crippen molar-refractivity contribution in [3.05, 3.63) is 145 Å². The van der Waals surface area contributed by atoms with Crippen molar-refractivity contribution in [2.45, 2.75) is 26.2 Å². The molecule has 0 radical (unpaired) electrons. The van der Waals surface area contributed by atoms with Crippen molar-refractivity contribution >= 4 is 49.3 Å². The van der Waals surface area contributed by atoms with Crippen LogP contribution in [0, 0.1) is 5.92 Å². The molecule has 5 aromatic carbocycles. The molecule has 0 fully saturated rings. The SMILES string of the molecule is CCc1ccc2c3ccccc3n(-c3ccc(C4C=CC(n5c6ccccc6c6ccccc65)=CC4C)cc3)c2c1. The van der Waals surface area contributed by atoms with Crippen LogP contribution in [0.4, 0.5) is 0 Å². The highest BCUT2D eigenvalue weighted by atomic mass is 15.0. The van der Waals surface area contributed by atoms with E-state index in [0.717, 1.165) is 6.42 Å². The van der Waals surface area contributed by atoms with Crippen LogP contribution in [-0.4, -0.2) is 9.13 Å². The van der Waals surface area contributed by atoms with Crippen LogP contribution in [-0.2, 0) is 6.42 Å². The van der Waals surface area contributed by atoms with E-state index in [4.69, 9.17) is 0 Å². The lowest BCUT2D eigenvalue weighted by Gasteiger charge is -2.25. The largest absolute Gasteiger partial charge is 0.310 e. The number of allylic oxidation sites excluding steroid dienone is 4. The zero-order chi connectivity index (χ0) is 27.5. The monoisotopic (exact) mass is 528 g/mol. The average molecular weight is 529 g/mol. The number of benzene rings is 5. The third-order valence-corrected chi connectivity index (χ3v) is 9.00. The summed E-state index contributed by atoms with van der Waals surface area (Å²) in [5, 5.41) is 5.23. The molecule has 1 aliphatic rings. The summed E-state index contributed by atoms with van der Waals surface area (Å²) in [6.45, 7) is 4.57. The highest BCUT2D eigenvalue weighted by molar-refractivity contribution is 6.11. The summed E-state index contributed by atoms with van der Waals surface area (Å²) in [7, 11) is 0. The van der Waals surface area contributed by atoms with Gasteiger partial charge in [-0.1, -0.05) is 105 Å². The third kappa shape index (κ3) is 3.71. The Morgan fingerprint density at radius 1 is 0.585 bits per heavy atom. The van der Waals surface area contributed by atoms with E-state index >= 15 is 0 Å². The molecule has 2 heteroatoms. The molecule has 0 N–H and O–H groups in total. The maximum absolute atomic E-state index is 2.44. The third-order valence-electron chi connectivity index (χ3n) is 9.00. The molecule has 0 saturated carbocycles. The molecule has 0 amide bonds. The summed E-state index contributed by atoms with van der Waals surface area (Å²) in [6, 6.07) is 42.4. The number of rotatable bonds is 4. The lowest BCUT2D eigenvalue weighted by atomic mass is 9.83. The Morgan fingerprint density at radius 3 is 1.73 bits per heavy atom. The zero-order valence-corrected chi connectivity index (χ0v) is 23.5. The van der Waals surface area contributed by atoms with Crippen molar-refractivity contribution in [1.29, 1.82) is 0 Å². The number of nitrogens with zero attached hydrogens (tertiary/aromatic N) is 2. The molecule has 2 nitrogen and oxygen atoms in total. The van der Waals surface area contributed by atoms with Crippen LogP contribution in [0.15, 0.2) is 133 Å². The van der Waals surface area contributed by atoms with Crippen LogP contribution >= 0.6 is 0 Å². The van der Waals surface area contributed by atoms with Gasteiger partial charge in [0.05, 0.1) is 22.1 Å². The predicted molar refractivity (Wildman–Crippen MR) is 175 cm³/mol. The van der Waals surface area contributed by atoms with Gasteiger partial charge < -0.3 is 9.13 Å². The van der Waals surface area contributed by atoms with E-state index < -0.39 is 0 Å². The standard InChI is InChI=1S/C39H32N2/c1-3-27-16-22-35-34-12-6-7-13-36(34)40(39(35)25-27)29-19-17-28(18-20-29)31-23-21-30(24-26(31)2)41-37-14-8-4-10-32(37)33-11-5-9-15-38(33)41/h4-26,31H,3H2,1-2H3. The number of hydrogen-bond donors (Lipinski definition) is 0. The minimum atomic E-state index is 0.339. The summed E-state index contributed by atoms with van der Waals surface area (Å²) in [4.78, 5) is 0. The second-order valence-corrected chi connectivity index (χ2v) is 11.4. The van der Waals surface area contributed by atoms with Crippen LogP contribution in [0.3, 0.4) is 0 Å². The highest BCUT2D eigenvalue weighted by Crippen LogP contribution is 2.38. The van der Waals surface area contributed by atoms with Crippen LogP contribution in [0.1, 0.15) is 30.9 Å². The smallest absolute Gasteiger partial charge is 0.0543 e. The molecule has 8 rings (SSSR count). The Hall–Kier alpha value is -4.82. The van der Waals surface area contributed by atoms with E-state index in [2.05, 4.69) is 156 Å². The maximum atomic E-state index is 2.44. The second-order valence-electron chi connectivity index (χ2n) is 11.4. The van der Waals surface area contributed by atoms with E-state index in [-0.39, 0.29) is 0 Å². The van der Waals surface area contributed by atoms with Crippen molar-refractivity contribution in [2.75, 3.05) is 0 Å². The number of para-hydroxylation sites is 3. The van der Waals surface area contributed by atoms with Gasteiger partial charge in [0.1, 0.15) is 0 Å². The highest BCUT2D eigenvalue weighted by Gasteiger charge is 2.22. The van der Waals surface area contributed by atoms with Gasteiger partial charge >= 0.3 is 0 Å². The number of aromatic nitrogens is 2. The first-order valence-electron chi connectivity index (χ1n) is 14.7. The predicted octanol–water partition coefficient (Wildman–Crippen LogP) is 10.3. The molecule has 198 valence electrons. The van der Waals surface area contributed by atoms with Gasteiger partial charge in [0.2, 0.25) is 0 Å². The van der Waals surface area contributed by atoms with Gasteiger partial charge in [0, 0.05) is 38.8 Å². The zero-order valence-electron chi connectivity index (χ0n) is 23.5. The average Bonchev–Trinajstić information content (AvgIpc) is 3.54. The van der Waals surface area contributed by atoms with E-state index in [0.29, 0.717) is 11.8 Å². The molecule has 0 saturated heterocycles. The molecule has 2 unspecified atom stereocenters. The van der Waals surface area contributed by atoms with Gasteiger partial charge in [-0.05, 0) is 65.9 Å². The molecule has 7 aromatic rings. The summed E-state index contributed by atoms with van der Waals surface area (Å²) >= 11 is 0. The molecular weight excluding hydrogens is 496 g/mol. The number of aryl methyl sites for hydroxylation is 1. The van der Waals surface area contributed by atoms with Crippen molar-refractivity contribution in [2.24, 2.45) is 5.92 Å². The molecule has 2 heterocycles. The first-order valence-corrected chi connectivity index (χ1v) is 14.7. The summed E-state index contributed by atoms with van der Waals surface area (Å²) in [5.41, 5.74) is 10.2. The number of fused-ring (bicyclic) bond motifs is 6. The molecule has 2 atom stereocenters. The van der Waals surface area contributed by atoms with Crippen molar-refractivity contribution in [1.82, 2.24) is 9.13 Å². The molecule has 0 spiro atoms. The van der Waals surface area contributed by atoms with Gasteiger partial charge in [-0.3, -0.25) is 0 Å². The topological polar surface area (TPSA) is 9.86 Å². The van der Waals surface area contributed by atoms with Gasteiger partial charge in [-0.15, -0.1) is 0 Å². The Kier molecular flexibility index (Phi) is 5.50. The van der Waals surface area contributed by atoms with Crippen molar-refractivity contribution in [3.63, 3.8) is 0 Å². The van der Waals surface area contributed by atoms with E-state index in [1.165, 1.54) is 66.1 Å². The first kappa shape index (κ1) is 24.0. The first-order chi connectivity index (χ1) is 20.2. The van der Waals surface area contributed by atoms with Crippen molar-refractivity contribution in [3.8, 4) is 5.69 Å².